The molecule has 1 aromatic carbocycles. The first-order valence-electron chi connectivity index (χ1n) is 9.25. The predicted molar refractivity (Wildman–Crippen MR) is 115 cm³/mol. The Hall–Kier alpha value is -3.91. The van der Waals surface area contributed by atoms with Crippen molar-refractivity contribution >= 4 is 33.3 Å². The van der Waals surface area contributed by atoms with E-state index in [4.69, 9.17) is 4.98 Å². The van der Waals surface area contributed by atoms with Crippen LogP contribution >= 0.6 is 11.3 Å². The molecule has 6 aromatic rings. The number of nitrogens with zero attached hydrogens (tertiary/aromatic N) is 4. The van der Waals surface area contributed by atoms with E-state index >= 15 is 0 Å². The highest BCUT2D eigenvalue weighted by Crippen LogP contribution is 2.34. The maximum absolute atomic E-state index is 14.8. The largest absolute Gasteiger partial charge is 0.337 e. The molecule has 0 radical (unpaired) electrons. The number of hydrogen-bond donors (Lipinski definition) is 2. The summed E-state index contributed by atoms with van der Waals surface area (Å²) in [6, 6.07) is 13.0. The Balaban J connectivity index is 1.56. The van der Waals surface area contributed by atoms with Gasteiger partial charge in [-0.3, -0.25) is 15.1 Å². The summed E-state index contributed by atoms with van der Waals surface area (Å²) in [7, 11) is 0. The smallest absolute Gasteiger partial charge is 0.157 e. The van der Waals surface area contributed by atoms with Crippen LogP contribution in [0.1, 0.15) is 0 Å². The minimum atomic E-state index is -0.397. The van der Waals surface area contributed by atoms with Crippen molar-refractivity contribution in [1.29, 1.82) is 0 Å². The van der Waals surface area contributed by atoms with Gasteiger partial charge in [-0.05, 0) is 41.3 Å². The van der Waals surface area contributed by atoms with Gasteiger partial charge in [-0.15, -0.1) is 11.3 Å². The lowest BCUT2D eigenvalue weighted by atomic mass is 10.0. The molecule has 0 bridgehead atoms. The predicted octanol–water partition coefficient (Wildman–Crippen LogP) is 5.43. The quantitative estimate of drug-likeness (QED) is 0.406. The van der Waals surface area contributed by atoms with E-state index in [-0.39, 0.29) is 5.52 Å². The van der Waals surface area contributed by atoms with Crippen molar-refractivity contribution in [3.63, 3.8) is 0 Å². The number of imidazole rings is 1. The Labute approximate surface area is 173 Å². The Morgan fingerprint density at radius 1 is 0.967 bits per heavy atom. The maximum Gasteiger partial charge on any atom is 0.157 e. The highest BCUT2D eigenvalue weighted by Gasteiger charge is 2.18. The standard InChI is InChI=1S/C22H13FN6S/c23-15-10-13(12-3-1-6-24-11-12)9-14-18(15)28-29-19(14)22-26-16-5-7-25-21(20(16)27-22)17-4-2-8-30-17/h1-11H,(H,26,27)(H,28,29). The van der Waals surface area contributed by atoms with Crippen molar-refractivity contribution in [2.75, 3.05) is 0 Å². The van der Waals surface area contributed by atoms with Gasteiger partial charge in [-0.2, -0.15) is 5.10 Å². The van der Waals surface area contributed by atoms with E-state index in [1.54, 1.807) is 29.9 Å². The first-order chi connectivity index (χ1) is 14.8. The number of nitrogens with one attached hydrogen (secondary N) is 2. The Morgan fingerprint density at radius 2 is 1.93 bits per heavy atom. The second-order valence-electron chi connectivity index (χ2n) is 6.81. The van der Waals surface area contributed by atoms with Gasteiger partial charge < -0.3 is 4.98 Å². The number of halogens is 1. The van der Waals surface area contributed by atoms with Gasteiger partial charge in [0.15, 0.2) is 11.6 Å². The number of pyridine rings is 2. The molecule has 0 aliphatic carbocycles. The molecule has 6 rings (SSSR count). The van der Waals surface area contributed by atoms with Crippen LogP contribution in [0.15, 0.2) is 66.4 Å². The third-order valence-corrected chi connectivity index (χ3v) is 5.88. The molecule has 0 amide bonds. The van der Waals surface area contributed by atoms with Gasteiger partial charge >= 0.3 is 0 Å². The van der Waals surface area contributed by atoms with E-state index in [1.807, 2.05) is 41.8 Å². The van der Waals surface area contributed by atoms with Crippen LogP contribution in [0.2, 0.25) is 0 Å². The maximum atomic E-state index is 14.8. The molecule has 0 saturated heterocycles. The second-order valence-corrected chi connectivity index (χ2v) is 7.76. The molecule has 0 aliphatic rings. The number of hydrogen-bond acceptors (Lipinski definition) is 5. The lowest BCUT2D eigenvalue weighted by molar-refractivity contribution is 0.636. The molecule has 0 aliphatic heterocycles. The van der Waals surface area contributed by atoms with E-state index < -0.39 is 5.82 Å². The summed E-state index contributed by atoms with van der Waals surface area (Å²) in [6.07, 6.45) is 5.15. The summed E-state index contributed by atoms with van der Waals surface area (Å²) in [5.41, 5.74) is 4.90. The second kappa shape index (κ2) is 6.57. The fourth-order valence-electron chi connectivity index (χ4n) is 3.60. The lowest BCUT2D eigenvalue weighted by Crippen LogP contribution is -1.85. The molecular formula is C22H13FN6S. The average molecular weight is 412 g/mol. The number of H-pyrrole nitrogens is 2. The number of rotatable bonds is 3. The molecule has 6 nitrogen and oxygen atoms in total. The Morgan fingerprint density at radius 3 is 2.77 bits per heavy atom. The topological polar surface area (TPSA) is 83.1 Å². The Kier molecular flexibility index (Phi) is 3.72. The molecule has 5 heterocycles. The van der Waals surface area contributed by atoms with Gasteiger partial charge in [0.2, 0.25) is 0 Å². The van der Waals surface area contributed by atoms with Crippen molar-refractivity contribution in [3.8, 4) is 33.2 Å². The van der Waals surface area contributed by atoms with Crippen molar-refractivity contribution < 1.29 is 4.39 Å². The first-order valence-corrected chi connectivity index (χ1v) is 10.1. The number of aromatic amines is 2. The van der Waals surface area contributed by atoms with Crippen LogP contribution in [0.4, 0.5) is 4.39 Å². The zero-order chi connectivity index (χ0) is 20.1. The Bertz CT molecular complexity index is 1500. The minimum absolute atomic E-state index is 0.273. The third kappa shape index (κ3) is 2.61. The highest BCUT2D eigenvalue weighted by atomic mass is 32.1. The molecule has 5 aromatic heterocycles. The van der Waals surface area contributed by atoms with E-state index in [0.717, 1.165) is 32.7 Å². The van der Waals surface area contributed by atoms with E-state index in [2.05, 4.69) is 25.1 Å². The van der Waals surface area contributed by atoms with Gasteiger partial charge in [0, 0.05) is 29.5 Å². The first kappa shape index (κ1) is 17.0. The molecule has 144 valence electrons. The van der Waals surface area contributed by atoms with E-state index in [0.29, 0.717) is 16.9 Å². The fraction of sp³-hybridized carbons (Fsp3) is 0. The molecule has 30 heavy (non-hydrogen) atoms. The number of fused-ring (bicyclic) bond motifs is 2. The molecule has 2 N–H and O–H groups in total. The number of aromatic nitrogens is 6. The van der Waals surface area contributed by atoms with Crippen LogP contribution in [0, 0.1) is 5.82 Å². The van der Waals surface area contributed by atoms with Gasteiger partial charge in [0.05, 0.1) is 10.4 Å². The van der Waals surface area contributed by atoms with Gasteiger partial charge in [-0.1, -0.05) is 12.1 Å². The van der Waals surface area contributed by atoms with Crippen LogP contribution in [-0.2, 0) is 0 Å². The molecule has 0 atom stereocenters. The molecule has 8 heteroatoms. The number of benzene rings is 1. The average Bonchev–Trinajstić information content (AvgIpc) is 3.52. The van der Waals surface area contributed by atoms with Gasteiger partial charge in [0.1, 0.15) is 22.4 Å². The summed E-state index contributed by atoms with van der Waals surface area (Å²) in [4.78, 5) is 17.8. The highest BCUT2D eigenvalue weighted by molar-refractivity contribution is 7.13. The van der Waals surface area contributed by atoms with Gasteiger partial charge in [0.25, 0.3) is 0 Å². The van der Waals surface area contributed by atoms with Crippen molar-refractivity contribution in [1.82, 2.24) is 30.1 Å². The molecular weight excluding hydrogens is 399 g/mol. The normalized spacial score (nSPS) is 11.5. The summed E-state index contributed by atoms with van der Waals surface area (Å²) < 4.78 is 14.8. The summed E-state index contributed by atoms with van der Waals surface area (Å²) in [5, 5.41) is 9.79. The van der Waals surface area contributed by atoms with Crippen molar-refractivity contribution in [2.24, 2.45) is 0 Å². The monoisotopic (exact) mass is 412 g/mol. The zero-order valence-electron chi connectivity index (χ0n) is 15.4. The van der Waals surface area contributed by atoms with E-state index in [1.165, 1.54) is 6.07 Å². The molecule has 0 saturated carbocycles. The summed E-state index contributed by atoms with van der Waals surface area (Å²) in [6.45, 7) is 0. The lowest BCUT2D eigenvalue weighted by Gasteiger charge is -2.02. The minimum Gasteiger partial charge on any atom is -0.337 e. The third-order valence-electron chi connectivity index (χ3n) is 5.00. The fourth-order valence-corrected chi connectivity index (χ4v) is 4.33. The summed E-state index contributed by atoms with van der Waals surface area (Å²) >= 11 is 1.61. The summed E-state index contributed by atoms with van der Waals surface area (Å²) in [5.74, 6) is 0.187. The van der Waals surface area contributed by atoms with Crippen molar-refractivity contribution in [2.45, 2.75) is 0 Å². The van der Waals surface area contributed by atoms with Gasteiger partial charge in [-0.25, -0.2) is 9.37 Å². The SMILES string of the molecule is Fc1cc(-c2cccnc2)cc2c(-c3nc4c(-c5cccs5)nccc4[nH]3)[nH]nc12. The number of thiophene rings is 1. The molecule has 0 fully saturated rings. The van der Waals surface area contributed by atoms with Crippen molar-refractivity contribution in [3.05, 3.63) is 72.3 Å². The van der Waals surface area contributed by atoms with E-state index in [9.17, 15) is 4.39 Å². The van der Waals surface area contributed by atoms with Crippen LogP contribution < -0.4 is 0 Å². The van der Waals surface area contributed by atoms with Crippen LogP contribution in [0.5, 0.6) is 0 Å². The van der Waals surface area contributed by atoms with Crippen LogP contribution in [-0.4, -0.2) is 30.1 Å². The van der Waals surface area contributed by atoms with Crippen LogP contribution in [0.3, 0.4) is 0 Å². The zero-order valence-corrected chi connectivity index (χ0v) is 16.2. The van der Waals surface area contributed by atoms with Crippen LogP contribution in [0.25, 0.3) is 55.2 Å². The molecule has 0 spiro atoms. The molecule has 0 unspecified atom stereocenters.